The van der Waals surface area contributed by atoms with Gasteiger partial charge in [0.1, 0.15) is 0 Å². The van der Waals surface area contributed by atoms with E-state index < -0.39 is 0 Å². The Kier molecular flexibility index (Phi) is 5.27. The Morgan fingerprint density at radius 2 is 1.73 bits per heavy atom. The van der Waals surface area contributed by atoms with Crippen molar-refractivity contribution in [2.45, 2.75) is 53.9 Å². The molecule has 0 N–H and O–H groups in total. The van der Waals surface area contributed by atoms with Gasteiger partial charge in [-0.05, 0) is 39.0 Å². The summed E-state index contributed by atoms with van der Waals surface area (Å²) >= 11 is 0. The third-order valence-corrected chi connectivity index (χ3v) is 2.16. The molecule has 0 spiro atoms. The highest BCUT2D eigenvalue weighted by Gasteiger charge is 1.99. The van der Waals surface area contributed by atoms with E-state index in [1.807, 2.05) is 0 Å². The van der Waals surface area contributed by atoms with Gasteiger partial charge in [-0.3, -0.25) is 0 Å². The SMILES string of the molecule is CCC(CCC(C)C)=C(C)C. The summed E-state index contributed by atoms with van der Waals surface area (Å²) in [6, 6.07) is 0. The van der Waals surface area contributed by atoms with E-state index in [-0.39, 0.29) is 0 Å². The average Bonchev–Trinajstić information content (AvgIpc) is 1.87. The lowest BCUT2D eigenvalue weighted by atomic mass is 9.98. The second-order valence-electron chi connectivity index (χ2n) is 3.89. The van der Waals surface area contributed by atoms with E-state index in [1.54, 1.807) is 5.57 Å². The van der Waals surface area contributed by atoms with E-state index in [4.69, 9.17) is 0 Å². The van der Waals surface area contributed by atoms with Gasteiger partial charge in [0, 0.05) is 0 Å². The van der Waals surface area contributed by atoms with Crippen LogP contribution in [0.3, 0.4) is 0 Å². The molecule has 0 aromatic carbocycles. The van der Waals surface area contributed by atoms with Crippen LogP contribution in [-0.4, -0.2) is 0 Å². The Balaban J connectivity index is 3.81. The standard InChI is InChI=1S/C11H22/c1-6-11(10(4)5)8-7-9(2)3/h9H,6-8H2,1-5H3. The van der Waals surface area contributed by atoms with Crippen LogP contribution in [0, 0.1) is 5.92 Å². The summed E-state index contributed by atoms with van der Waals surface area (Å²) in [7, 11) is 0. The first-order valence-electron chi connectivity index (χ1n) is 4.73. The van der Waals surface area contributed by atoms with Crippen LogP contribution in [0.5, 0.6) is 0 Å². The summed E-state index contributed by atoms with van der Waals surface area (Å²) in [5, 5.41) is 0. The molecule has 0 saturated carbocycles. The summed E-state index contributed by atoms with van der Waals surface area (Å²) in [5.74, 6) is 0.843. The van der Waals surface area contributed by atoms with Gasteiger partial charge in [-0.15, -0.1) is 0 Å². The maximum atomic E-state index is 2.29. The average molecular weight is 154 g/mol. The molecular formula is C11H22. The Labute approximate surface area is 71.7 Å². The molecule has 0 amide bonds. The molecule has 0 aliphatic heterocycles. The topological polar surface area (TPSA) is 0 Å². The molecule has 66 valence electrons. The van der Waals surface area contributed by atoms with E-state index in [9.17, 15) is 0 Å². The van der Waals surface area contributed by atoms with Gasteiger partial charge in [0.15, 0.2) is 0 Å². The Hall–Kier alpha value is -0.260. The zero-order chi connectivity index (χ0) is 8.85. The van der Waals surface area contributed by atoms with Gasteiger partial charge in [0.2, 0.25) is 0 Å². The van der Waals surface area contributed by atoms with Crippen LogP contribution >= 0.6 is 0 Å². The lowest BCUT2D eigenvalue weighted by Crippen LogP contribution is -1.91. The molecule has 0 nitrogen and oxygen atoms in total. The lowest BCUT2D eigenvalue weighted by Gasteiger charge is -2.08. The van der Waals surface area contributed by atoms with Gasteiger partial charge < -0.3 is 0 Å². The largest absolute Gasteiger partial charge is 0.0772 e. The minimum absolute atomic E-state index is 0.843. The summed E-state index contributed by atoms with van der Waals surface area (Å²) < 4.78 is 0. The van der Waals surface area contributed by atoms with Crippen molar-refractivity contribution < 1.29 is 0 Å². The van der Waals surface area contributed by atoms with Crippen molar-refractivity contribution in [1.29, 1.82) is 0 Å². The molecule has 0 rings (SSSR count). The number of hydrogen-bond donors (Lipinski definition) is 0. The van der Waals surface area contributed by atoms with Crippen LogP contribution in [0.25, 0.3) is 0 Å². The molecule has 0 fully saturated rings. The van der Waals surface area contributed by atoms with Crippen molar-refractivity contribution in [3.63, 3.8) is 0 Å². The number of hydrogen-bond acceptors (Lipinski definition) is 0. The van der Waals surface area contributed by atoms with Crippen molar-refractivity contribution in [3.8, 4) is 0 Å². The molecule has 0 radical (unpaired) electrons. The lowest BCUT2D eigenvalue weighted by molar-refractivity contribution is 0.577. The Morgan fingerprint density at radius 1 is 1.18 bits per heavy atom. The van der Waals surface area contributed by atoms with Gasteiger partial charge in [-0.25, -0.2) is 0 Å². The maximum absolute atomic E-state index is 2.29. The van der Waals surface area contributed by atoms with E-state index in [0.717, 1.165) is 5.92 Å². The van der Waals surface area contributed by atoms with E-state index in [0.29, 0.717) is 0 Å². The molecule has 0 aromatic rings. The first-order chi connectivity index (χ1) is 5.07. The minimum Gasteiger partial charge on any atom is -0.0772 e. The minimum atomic E-state index is 0.843. The summed E-state index contributed by atoms with van der Waals surface area (Å²) in [4.78, 5) is 0. The van der Waals surface area contributed by atoms with Crippen LogP contribution in [0.4, 0.5) is 0 Å². The number of allylic oxidation sites excluding steroid dienone is 2. The van der Waals surface area contributed by atoms with Crippen LogP contribution in [0.15, 0.2) is 11.1 Å². The molecule has 11 heavy (non-hydrogen) atoms. The van der Waals surface area contributed by atoms with Crippen molar-refractivity contribution in [3.05, 3.63) is 11.1 Å². The van der Waals surface area contributed by atoms with Gasteiger partial charge in [0.05, 0.1) is 0 Å². The highest BCUT2D eigenvalue weighted by Crippen LogP contribution is 2.17. The van der Waals surface area contributed by atoms with E-state index in [1.165, 1.54) is 24.8 Å². The molecule has 0 heterocycles. The Morgan fingerprint density at radius 3 is 2.00 bits per heavy atom. The van der Waals surface area contributed by atoms with Gasteiger partial charge in [-0.1, -0.05) is 31.9 Å². The van der Waals surface area contributed by atoms with E-state index >= 15 is 0 Å². The molecule has 0 aliphatic rings. The molecule has 0 bridgehead atoms. The molecular weight excluding hydrogens is 132 g/mol. The van der Waals surface area contributed by atoms with Gasteiger partial charge >= 0.3 is 0 Å². The third kappa shape index (κ3) is 5.06. The zero-order valence-electron chi connectivity index (χ0n) is 8.70. The maximum Gasteiger partial charge on any atom is -0.0315 e. The van der Waals surface area contributed by atoms with Crippen molar-refractivity contribution in [2.24, 2.45) is 5.92 Å². The summed E-state index contributed by atoms with van der Waals surface area (Å²) in [5.41, 5.74) is 3.17. The van der Waals surface area contributed by atoms with Crippen LogP contribution in [0.1, 0.15) is 53.9 Å². The molecule has 0 aliphatic carbocycles. The fourth-order valence-electron chi connectivity index (χ4n) is 1.24. The predicted molar refractivity (Wildman–Crippen MR) is 52.7 cm³/mol. The fraction of sp³-hybridized carbons (Fsp3) is 0.818. The highest BCUT2D eigenvalue weighted by molar-refractivity contribution is 5.08. The quantitative estimate of drug-likeness (QED) is 0.533. The summed E-state index contributed by atoms with van der Waals surface area (Å²) in [6.07, 6.45) is 3.87. The molecule has 0 atom stereocenters. The number of rotatable bonds is 4. The smallest absolute Gasteiger partial charge is 0.0315 e. The van der Waals surface area contributed by atoms with Crippen molar-refractivity contribution in [1.82, 2.24) is 0 Å². The molecule has 0 aromatic heterocycles. The second-order valence-corrected chi connectivity index (χ2v) is 3.89. The molecule has 0 saturated heterocycles. The fourth-order valence-corrected chi connectivity index (χ4v) is 1.24. The molecule has 0 unspecified atom stereocenters. The second kappa shape index (κ2) is 5.40. The molecule has 0 heteroatoms. The van der Waals surface area contributed by atoms with Gasteiger partial charge in [-0.2, -0.15) is 0 Å². The first-order valence-corrected chi connectivity index (χ1v) is 4.73. The Bertz CT molecular complexity index is 125. The zero-order valence-corrected chi connectivity index (χ0v) is 8.70. The van der Waals surface area contributed by atoms with Crippen molar-refractivity contribution >= 4 is 0 Å². The van der Waals surface area contributed by atoms with Crippen LogP contribution in [-0.2, 0) is 0 Å². The summed E-state index contributed by atoms with van der Waals surface area (Å²) in [6.45, 7) is 11.3. The first kappa shape index (κ1) is 10.7. The van der Waals surface area contributed by atoms with E-state index in [2.05, 4.69) is 34.6 Å². The van der Waals surface area contributed by atoms with Gasteiger partial charge in [0.25, 0.3) is 0 Å². The highest BCUT2D eigenvalue weighted by atomic mass is 14.0. The third-order valence-electron chi connectivity index (χ3n) is 2.16. The monoisotopic (exact) mass is 154 g/mol. The van der Waals surface area contributed by atoms with Crippen LogP contribution in [0.2, 0.25) is 0 Å². The van der Waals surface area contributed by atoms with Crippen molar-refractivity contribution in [2.75, 3.05) is 0 Å². The van der Waals surface area contributed by atoms with Crippen LogP contribution < -0.4 is 0 Å². The normalized spacial score (nSPS) is 10.4. The predicted octanol–water partition coefficient (Wildman–Crippen LogP) is 4.17.